The summed E-state index contributed by atoms with van der Waals surface area (Å²) in [5, 5.41) is 6.19. The molecule has 0 spiro atoms. The lowest BCUT2D eigenvalue weighted by Gasteiger charge is -2.07. The maximum Gasteiger partial charge on any atom is 0.453 e. The maximum atomic E-state index is 12.8. The van der Waals surface area contributed by atoms with Crippen molar-refractivity contribution in [2.75, 3.05) is 13.7 Å². The van der Waals surface area contributed by atoms with Gasteiger partial charge in [-0.3, -0.25) is 4.79 Å². The summed E-state index contributed by atoms with van der Waals surface area (Å²) in [7, 11) is 1.43. The largest absolute Gasteiger partial charge is 0.453 e. The lowest BCUT2D eigenvalue weighted by Crippen LogP contribution is -2.26. The van der Waals surface area contributed by atoms with Crippen LogP contribution in [0.1, 0.15) is 11.4 Å². The summed E-state index contributed by atoms with van der Waals surface area (Å²) < 4.78 is 44.2. The fourth-order valence-electron chi connectivity index (χ4n) is 2.31. The first-order valence-electron chi connectivity index (χ1n) is 7.52. The monoisotopic (exact) mass is 365 g/mol. The van der Waals surface area contributed by atoms with Gasteiger partial charge in [0.1, 0.15) is 6.61 Å². The molecule has 3 rings (SSSR count). The first-order valence-corrected chi connectivity index (χ1v) is 7.52. The van der Waals surface area contributed by atoms with Crippen LogP contribution in [0.5, 0.6) is 0 Å². The Bertz CT molecular complexity index is 922. The highest BCUT2D eigenvalue weighted by Crippen LogP contribution is 2.27. The van der Waals surface area contributed by atoms with Gasteiger partial charge in [0.2, 0.25) is 5.91 Å². The van der Waals surface area contributed by atoms with Crippen molar-refractivity contribution in [2.45, 2.75) is 12.7 Å². The van der Waals surface area contributed by atoms with Gasteiger partial charge in [0.25, 0.3) is 11.6 Å². The number of rotatable bonds is 5. The summed E-state index contributed by atoms with van der Waals surface area (Å²) in [5.41, 5.74) is 1.90. The van der Waals surface area contributed by atoms with E-state index in [1.807, 2.05) is 0 Å². The number of nitrogens with zero attached hydrogens (tertiary/aromatic N) is 4. The number of carbonyl (C=O) groups excluding carboxylic acids is 1. The average molecular weight is 365 g/mol. The first kappa shape index (κ1) is 17.8. The molecule has 136 valence electrons. The van der Waals surface area contributed by atoms with Crippen LogP contribution in [-0.2, 0) is 22.3 Å². The van der Waals surface area contributed by atoms with E-state index in [4.69, 9.17) is 4.74 Å². The van der Waals surface area contributed by atoms with E-state index in [0.29, 0.717) is 17.8 Å². The Hall–Kier alpha value is -3.01. The number of nitrogens with one attached hydrogen (secondary N) is 1. The highest BCUT2D eigenvalue weighted by molar-refractivity contribution is 5.77. The van der Waals surface area contributed by atoms with Gasteiger partial charge in [-0.1, -0.05) is 24.3 Å². The summed E-state index contributed by atoms with van der Waals surface area (Å²) in [6, 6.07) is 8.52. The van der Waals surface area contributed by atoms with Gasteiger partial charge < -0.3 is 10.1 Å². The molecule has 0 unspecified atom stereocenters. The van der Waals surface area contributed by atoms with Gasteiger partial charge in [0.15, 0.2) is 0 Å². The number of hydrogen-bond acceptors (Lipinski definition) is 5. The van der Waals surface area contributed by atoms with Crippen LogP contribution in [-0.4, -0.2) is 39.2 Å². The minimum absolute atomic E-state index is 0.0269. The molecule has 1 aromatic carbocycles. The minimum atomic E-state index is -4.64. The molecule has 0 atom stereocenters. The van der Waals surface area contributed by atoms with Gasteiger partial charge in [0.05, 0.1) is 5.69 Å². The number of benzene rings is 1. The number of alkyl halides is 3. The summed E-state index contributed by atoms with van der Waals surface area (Å²) in [6.45, 7) is 0.288. The Morgan fingerprint density at radius 2 is 1.96 bits per heavy atom. The lowest BCUT2D eigenvalue weighted by atomic mass is 10.1. The molecule has 1 N–H and O–H groups in total. The molecular formula is C16H14F3N5O2. The van der Waals surface area contributed by atoms with Crippen LogP contribution >= 0.6 is 0 Å². The second-order valence-electron chi connectivity index (χ2n) is 5.38. The second kappa shape index (κ2) is 7.08. The Balaban J connectivity index is 1.85. The number of halogens is 3. The highest BCUT2D eigenvalue weighted by atomic mass is 19.4. The van der Waals surface area contributed by atoms with Crippen LogP contribution in [0, 0.1) is 0 Å². The van der Waals surface area contributed by atoms with Gasteiger partial charge in [-0.15, -0.1) is 5.10 Å². The topological polar surface area (TPSA) is 81.4 Å². The van der Waals surface area contributed by atoms with Gasteiger partial charge in [0, 0.05) is 25.4 Å². The van der Waals surface area contributed by atoms with Crippen molar-refractivity contribution in [2.24, 2.45) is 0 Å². The van der Waals surface area contributed by atoms with E-state index < -0.39 is 12.0 Å². The van der Waals surface area contributed by atoms with Gasteiger partial charge in [-0.25, -0.2) is 4.98 Å². The SMILES string of the molecule is COCC(=O)NCc1ccc(-c2ccnc3nc(C(F)(F)F)nn23)cc1. The van der Waals surface area contributed by atoms with E-state index in [1.54, 1.807) is 30.3 Å². The number of aromatic nitrogens is 4. The molecule has 1 amide bonds. The molecule has 0 aliphatic carbocycles. The number of carbonyl (C=O) groups is 1. The summed E-state index contributed by atoms with van der Waals surface area (Å²) >= 11 is 0. The smallest absolute Gasteiger partial charge is 0.375 e. The minimum Gasteiger partial charge on any atom is -0.375 e. The van der Waals surface area contributed by atoms with E-state index in [0.717, 1.165) is 10.1 Å². The van der Waals surface area contributed by atoms with E-state index in [1.165, 1.54) is 13.3 Å². The number of fused-ring (bicyclic) bond motifs is 1. The van der Waals surface area contributed by atoms with Crippen LogP contribution in [0.15, 0.2) is 36.5 Å². The van der Waals surface area contributed by atoms with Crippen LogP contribution in [0.3, 0.4) is 0 Å². The summed E-state index contributed by atoms with van der Waals surface area (Å²) in [5.74, 6) is -1.62. The number of hydrogen-bond donors (Lipinski definition) is 1. The molecule has 0 saturated heterocycles. The predicted molar refractivity (Wildman–Crippen MR) is 84.9 cm³/mol. The van der Waals surface area contributed by atoms with Crippen LogP contribution < -0.4 is 5.32 Å². The van der Waals surface area contributed by atoms with Crippen LogP contribution in [0.2, 0.25) is 0 Å². The zero-order valence-corrected chi connectivity index (χ0v) is 13.6. The van der Waals surface area contributed by atoms with Crippen molar-refractivity contribution in [1.29, 1.82) is 0 Å². The second-order valence-corrected chi connectivity index (χ2v) is 5.38. The third-order valence-electron chi connectivity index (χ3n) is 3.51. The van der Waals surface area contributed by atoms with Crippen molar-refractivity contribution < 1.29 is 22.7 Å². The zero-order valence-electron chi connectivity index (χ0n) is 13.6. The van der Waals surface area contributed by atoms with Gasteiger partial charge >= 0.3 is 6.18 Å². The fourth-order valence-corrected chi connectivity index (χ4v) is 2.31. The molecule has 7 nitrogen and oxygen atoms in total. The molecule has 2 heterocycles. The number of amides is 1. The standard InChI is InChI=1S/C16H14F3N5O2/c1-26-9-13(25)21-8-10-2-4-11(5-3-10)12-6-7-20-15-22-14(16(17,18)19)23-24(12)15/h2-7H,8-9H2,1H3,(H,21,25). The molecule has 3 aromatic rings. The molecule has 0 aliphatic rings. The van der Waals surface area contributed by atoms with E-state index in [2.05, 4.69) is 20.4 Å². The first-order chi connectivity index (χ1) is 12.4. The third-order valence-corrected chi connectivity index (χ3v) is 3.51. The Labute approximate surface area is 145 Å². The fraction of sp³-hybridized carbons (Fsp3) is 0.250. The molecule has 0 bridgehead atoms. The zero-order chi connectivity index (χ0) is 18.7. The highest BCUT2D eigenvalue weighted by Gasteiger charge is 2.36. The quantitative estimate of drug-likeness (QED) is 0.749. The maximum absolute atomic E-state index is 12.8. The number of methoxy groups -OCH3 is 1. The van der Waals surface area contributed by atoms with Crippen molar-refractivity contribution in [3.63, 3.8) is 0 Å². The van der Waals surface area contributed by atoms with E-state index >= 15 is 0 Å². The van der Waals surface area contributed by atoms with Crippen LogP contribution in [0.25, 0.3) is 17.0 Å². The predicted octanol–water partition coefficient (Wildman–Crippen LogP) is 2.07. The van der Waals surface area contributed by atoms with E-state index in [-0.39, 0.29) is 18.3 Å². The van der Waals surface area contributed by atoms with Crippen molar-refractivity contribution in [3.8, 4) is 11.3 Å². The molecular weight excluding hydrogens is 351 g/mol. The summed E-state index contributed by atoms with van der Waals surface area (Å²) in [4.78, 5) is 18.6. The summed E-state index contributed by atoms with van der Waals surface area (Å²) in [6.07, 6.45) is -3.27. The Morgan fingerprint density at radius 3 is 2.62 bits per heavy atom. The van der Waals surface area contributed by atoms with Gasteiger partial charge in [-0.2, -0.15) is 22.7 Å². The molecule has 0 saturated carbocycles. The molecule has 26 heavy (non-hydrogen) atoms. The lowest BCUT2D eigenvalue weighted by molar-refractivity contribution is -0.144. The van der Waals surface area contributed by atoms with Crippen LogP contribution in [0.4, 0.5) is 13.2 Å². The molecule has 0 radical (unpaired) electrons. The normalized spacial score (nSPS) is 11.7. The number of ether oxygens (including phenoxy) is 1. The van der Waals surface area contributed by atoms with Crippen molar-refractivity contribution in [1.82, 2.24) is 24.9 Å². The molecule has 0 aliphatic heterocycles. The van der Waals surface area contributed by atoms with Crippen molar-refractivity contribution >= 4 is 11.7 Å². The molecule has 0 fully saturated rings. The third kappa shape index (κ3) is 3.80. The van der Waals surface area contributed by atoms with Crippen molar-refractivity contribution in [3.05, 3.63) is 47.9 Å². The average Bonchev–Trinajstić information content (AvgIpc) is 3.05. The molecule has 10 heteroatoms. The Morgan fingerprint density at radius 1 is 1.23 bits per heavy atom. The Kier molecular flexibility index (Phi) is 4.85. The van der Waals surface area contributed by atoms with E-state index in [9.17, 15) is 18.0 Å². The molecule has 2 aromatic heterocycles. The van der Waals surface area contributed by atoms with Gasteiger partial charge in [-0.05, 0) is 11.6 Å².